The van der Waals surface area contributed by atoms with Crippen LogP contribution in [0.15, 0.2) is 41.2 Å². The Bertz CT molecular complexity index is 820. The summed E-state index contributed by atoms with van der Waals surface area (Å²) in [5.41, 5.74) is 2.81. The fourth-order valence-electron chi connectivity index (χ4n) is 3.85. The second-order valence-electron chi connectivity index (χ2n) is 7.61. The number of aromatic nitrogens is 2. The summed E-state index contributed by atoms with van der Waals surface area (Å²) in [5.74, 6) is 0.405. The zero-order valence-electron chi connectivity index (χ0n) is 16.9. The van der Waals surface area contributed by atoms with Crippen LogP contribution in [0, 0.1) is 12.8 Å². The van der Waals surface area contributed by atoms with Crippen molar-refractivity contribution in [3.8, 4) is 0 Å². The van der Waals surface area contributed by atoms with Crippen LogP contribution >= 0.6 is 0 Å². The molecule has 2 aromatic rings. The molecule has 2 heterocycles. The Morgan fingerprint density at radius 2 is 1.96 bits per heavy atom. The van der Waals surface area contributed by atoms with Crippen molar-refractivity contribution >= 4 is 5.91 Å². The van der Waals surface area contributed by atoms with E-state index in [1.54, 1.807) is 0 Å². The number of piperidine rings is 1. The van der Waals surface area contributed by atoms with Crippen LogP contribution in [-0.4, -0.2) is 58.6 Å². The first-order valence-electron chi connectivity index (χ1n) is 10.2. The van der Waals surface area contributed by atoms with Crippen molar-refractivity contribution in [1.82, 2.24) is 20.0 Å². The molecule has 0 bridgehead atoms. The van der Waals surface area contributed by atoms with E-state index in [0.717, 1.165) is 45.4 Å². The number of amides is 1. The Balaban J connectivity index is 1.47. The molecule has 28 heavy (non-hydrogen) atoms. The first-order chi connectivity index (χ1) is 13.6. The molecular weight excluding hydrogens is 352 g/mol. The zero-order chi connectivity index (χ0) is 19.9. The van der Waals surface area contributed by atoms with Crippen LogP contribution in [0.3, 0.4) is 0 Å². The Labute approximate surface area is 166 Å². The molecule has 150 valence electrons. The second kappa shape index (κ2) is 9.64. The van der Waals surface area contributed by atoms with Gasteiger partial charge in [0.15, 0.2) is 0 Å². The van der Waals surface area contributed by atoms with Gasteiger partial charge in [-0.2, -0.15) is 5.10 Å². The normalized spacial score (nSPS) is 15.5. The van der Waals surface area contributed by atoms with E-state index in [1.165, 1.54) is 23.3 Å². The number of aryl methyl sites for hydroxylation is 1. The van der Waals surface area contributed by atoms with E-state index in [4.69, 9.17) is 0 Å². The van der Waals surface area contributed by atoms with Gasteiger partial charge in [0.05, 0.1) is 0 Å². The first kappa shape index (κ1) is 20.3. The molecule has 0 atom stereocenters. The number of nitrogens with zero attached hydrogens (tertiary/aromatic N) is 3. The molecule has 6 heteroatoms. The fourth-order valence-corrected chi connectivity index (χ4v) is 3.85. The highest BCUT2D eigenvalue weighted by Gasteiger charge is 2.24. The molecule has 3 rings (SSSR count). The van der Waals surface area contributed by atoms with Crippen LogP contribution in [0.25, 0.3) is 0 Å². The van der Waals surface area contributed by atoms with Gasteiger partial charge in [-0.3, -0.25) is 9.59 Å². The smallest absolute Gasteiger partial charge is 0.274 e. The van der Waals surface area contributed by atoms with Crippen LogP contribution in [0.1, 0.15) is 41.4 Å². The SMILES string of the molecule is CCN(CC1CCN(CCc2ccccc2C)CC1)C(=O)c1ccc(=O)[nH]n1. The molecule has 0 aliphatic carbocycles. The topological polar surface area (TPSA) is 69.3 Å². The molecule has 1 aliphatic rings. The van der Waals surface area contributed by atoms with Gasteiger partial charge in [0.1, 0.15) is 5.69 Å². The van der Waals surface area contributed by atoms with E-state index in [0.29, 0.717) is 18.2 Å². The number of hydrogen-bond donors (Lipinski definition) is 1. The molecule has 0 saturated carbocycles. The third-order valence-electron chi connectivity index (χ3n) is 5.71. The van der Waals surface area contributed by atoms with E-state index in [1.807, 2.05) is 11.8 Å². The van der Waals surface area contributed by atoms with Crippen molar-refractivity contribution in [2.24, 2.45) is 5.92 Å². The van der Waals surface area contributed by atoms with Crippen molar-refractivity contribution in [2.45, 2.75) is 33.1 Å². The quantitative estimate of drug-likeness (QED) is 0.799. The molecule has 1 saturated heterocycles. The summed E-state index contributed by atoms with van der Waals surface area (Å²) >= 11 is 0. The molecule has 1 aromatic carbocycles. The van der Waals surface area contributed by atoms with Crippen LogP contribution in [0.5, 0.6) is 0 Å². The molecule has 6 nitrogen and oxygen atoms in total. The highest BCUT2D eigenvalue weighted by Crippen LogP contribution is 2.20. The van der Waals surface area contributed by atoms with E-state index in [-0.39, 0.29) is 11.5 Å². The van der Waals surface area contributed by atoms with Gasteiger partial charge in [0, 0.05) is 25.7 Å². The Kier molecular flexibility index (Phi) is 6.98. The summed E-state index contributed by atoms with van der Waals surface area (Å²) in [6, 6.07) is 11.4. The summed E-state index contributed by atoms with van der Waals surface area (Å²) in [4.78, 5) is 28.2. The minimum absolute atomic E-state index is 0.110. The van der Waals surface area contributed by atoms with Crippen molar-refractivity contribution in [3.05, 3.63) is 63.6 Å². The predicted molar refractivity (Wildman–Crippen MR) is 110 cm³/mol. The van der Waals surface area contributed by atoms with Crippen molar-refractivity contribution in [1.29, 1.82) is 0 Å². The van der Waals surface area contributed by atoms with Gasteiger partial charge in [0.2, 0.25) is 0 Å². The van der Waals surface area contributed by atoms with Gasteiger partial charge in [-0.05, 0) is 69.3 Å². The second-order valence-corrected chi connectivity index (χ2v) is 7.61. The lowest BCUT2D eigenvalue weighted by Crippen LogP contribution is -2.41. The number of carbonyl (C=O) groups excluding carboxylic acids is 1. The summed E-state index contributed by atoms with van der Waals surface area (Å²) < 4.78 is 0. The lowest BCUT2D eigenvalue weighted by molar-refractivity contribution is 0.0694. The largest absolute Gasteiger partial charge is 0.337 e. The molecule has 1 amide bonds. The van der Waals surface area contributed by atoms with Gasteiger partial charge in [-0.1, -0.05) is 24.3 Å². The van der Waals surface area contributed by atoms with E-state index < -0.39 is 0 Å². The van der Waals surface area contributed by atoms with Crippen molar-refractivity contribution in [2.75, 3.05) is 32.7 Å². The lowest BCUT2D eigenvalue weighted by atomic mass is 9.95. The molecule has 1 fully saturated rings. The number of H-pyrrole nitrogens is 1. The van der Waals surface area contributed by atoms with Crippen LogP contribution in [0.2, 0.25) is 0 Å². The maximum Gasteiger partial charge on any atom is 0.274 e. The molecule has 0 unspecified atom stereocenters. The molecular formula is C22H30N4O2. The molecule has 1 aliphatic heterocycles. The standard InChI is InChI=1S/C22H30N4O2/c1-3-26(22(28)20-8-9-21(27)24-23-20)16-18-10-13-25(14-11-18)15-12-19-7-5-4-6-17(19)2/h4-9,18H,3,10-16H2,1-2H3,(H,24,27). The Morgan fingerprint density at radius 1 is 1.21 bits per heavy atom. The Hall–Kier alpha value is -2.47. The first-order valence-corrected chi connectivity index (χ1v) is 10.2. The Morgan fingerprint density at radius 3 is 2.61 bits per heavy atom. The average molecular weight is 383 g/mol. The number of rotatable bonds is 7. The number of benzene rings is 1. The molecule has 1 aromatic heterocycles. The van der Waals surface area contributed by atoms with Crippen molar-refractivity contribution < 1.29 is 4.79 Å². The summed E-state index contributed by atoms with van der Waals surface area (Å²) in [7, 11) is 0. The van der Waals surface area contributed by atoms with Gasteiger partial charge >= 0.3 is 0 Å². The van der Waals surface area contributed by atoms with Gasteiger partial charge in [-0.15, -0.1) is 0 Å². The monoisotopic (exact) mass is 382 g/mol. The predicted octanol–water partition coefficient (Wildman–Crippen LogP) is 2.50. The van der Waals surface area contributed by atoms with Crippen molar-refractivity contribution in [3.63, 3.8) is 0 Å². The van der Waals surface area contributed by atoms with Gasteiger partial charge in [0.25, 0.3) is 11.5 Å². The highest BCUT2D eigenvalue weighted by molar-refractivity contribution is 5.92. The molecule has 0 spiro atoms. The summed E-state index contributed by atoms with van der Waals surface area (Å²) in [6.07, 6.45) is 3.31. The lowest BCUT2D eigenvalue weighted by Gasteiger charge is -2.34. The maximum atomic E-state index is 12.6. The highest BCUT2D eigenvalue weighted by atomic mass is 16.2. The van der Waals surface area contributed by atoms with E-state index in [2.05, 4.69) is 46.3 Å². The summed E-state index contributed by atoms with van der Waals surface area (Å²) in [6.45, 7) is 8.82. The number of aromatic amines is 1. The van der Waals surface area contributed by atoms with Crippen LogP contribution in [0.4, 0.5) is 0 Å². The third kappa shape index (κ3) is 5.29. The number of nitrogens with one attached hydrogen (secondary N) is 1. The van der Waals surface area contributed by atoms with E-state index >= 15 is 0 Å². The molecule has 1 N–H and O–H groups in total. The molecule has 0 radical (unpaired) electrons. The minimum Gasteiger partial charge on any atom is -0.337 e. The summed E-state index contributed by atoms with van der Waals surface area (Å²) in [5, 5.41) is 6.22. The van der Waals surface area contributed by atoms with Crippen LogP contribution in [-0.2, 0) is 6.42 Å². The van der Waals surface area contributed by atoms with Crippen LogP contribution < -0.4 is 5.56 Å². The van der Waals surface area contributed by atoms with E-state index in [9.17, 15) is 9.59 Å². The average Bonchev–Trinajstić information content (AvgIpc) is 2.72. The zero-order valence-corrected chi connectivity index (χ0v) is 16.9. The number of hydrogen-bond acceptors (Lipinski definition) is 4. The number of likely N-dealkylation sites (tertiary alicyclic amines) is 1. The minimum atomic E-state index is -0.294. The maximum absolute atomic E-state index is 12.6. The van der Waals surface area contributed by atoms with Gasteiger partial charge in [-0.25, -0.2) is 5.10 Å². The fraction of sp³-hybridized carbons (Fsp3) is 0.500. The number of carbonyl (C=O) groups is 1. The third-order valence-corrected chi connectivity index (χ3v) is 5.71. The van der Waals surface area contributed by atoms with Gasteiger partial charge < -0.3 is 9.80 Å².